The molecule has 2 bridgehead atoms. The van der Waals surface area contributed by atoms with Crippen molar-refractivity contribution in [1.29, 1.82) is 5.41 Å². The predicted octanol–water partition coefficient (Wildman–Crippen LogP) is 3.15. The second-order valence-electron chi connectivity index (χ2n) is 11.1. The van der Waals surface area contributed by atoms with Gasteiger partial charge in [-0.3, -0.25) is 20.4 Å². The van der Waals surface area contributed by atoms with E-state index in [1.807, 2.05) is 19.1 Å². The van der Waals surface area contributed by atoms with Gasteiger partial charge in [-0.15, -0.1) is 0 Å². The highest BCUT2D eigenvalue weighted by Crippen LogP contribution is 2.31. The maximum atomic E-state index is 13.0. The minimum Gasteiger partial charge on any atom is -0.384 e. The van der Waals surface area contributed by atoms with Crippen LogP contribution in [0.15, 0.2) is 54.9 Å². The average Bonchev–Trinajstić information content (AvgIpc) is 3.01. The summed E-state index contributed by atoms with van der Waals surface area (Å²) in [5, 5.41) is 32.3. The maximum Gasteiger partial charge on any atom is 0.416 e. The number of hydrogen-bond acceptors (Lipinski definition) is 10. The first-order valence-corrected chi connectivity index (χ1v) is 14.6. The Morgan fingerprint density at radius 1 is 1.16 bits per heavy atom. The topological polar surface area (TPSA) is 164 Å². The number of carbonyl (C=O) groups excluding carboxylic acids is 1. The highest BCUT2D eigenvalue weighted by molar-refractivity contribution is 6.17. The lowest BCUT2D eigenvalue weighted by Gasteiger charge is -2.36. The molecule has 0 spiro atoms. The number of amides is 1. The lowest BCUT2D eigenvalue weighted by atomic mass is 9.97. The smallest absolute Gasteiger partial charge is 0.384 e. The molecule has 0 radical (unpaired) electrons. The molecule has 11 nitrogen and oxygen atoms in total. The third-order valence-electron chi connectivity index (χ3n) is 7.82. The number of nitrogens with one attached hydrogen (secondary N) is 5. The SMILES string of the molecule is CC1CCNc2c(cnc(N)c2C(=N)c2ccc(C(=O)Nc3cc(C(F)(F)F)ccn3)cc2)/C=C/CN2CCN[C@H](C2)C(O)N1. The van der Waals surface area contributed by atoms with Gasteiger partial charge >= 0.3 is 6.18 Å². The van der Waals surface area contributed by atoms with Crippen molar-refractivity contribution in [2.24, 2.45) is 0 Å². The molecule has 4 heterocycles. The number of aliphatic hydroxyl groups excluding tert-OH is 1. The van der Waals surface area contributed by atoms with Crippen molar-refractivity contribution in [3.63, 3.8) is 0 Å². The van der Waals surface area contributed by atoms with Gasteiger partial charge in [0.05, 0.1) is 28.6 Å². The molecule has 238 valence electrons. The van der Waals surface area contributed by atoms with E-state index >= 15 is 0 Å². The van der Waals surface area contributed by atoms with E-state index in [4.69, 9.17) is 11.1 Å². The number of anilines is 3. The van der Waals surface area contributed by atoms with Crippen LogP contribution in [0.3, 0.4) is 0 Å². The van der Waals surface area contributed by atoms with E-state index in [0.717, 1.165) is 37.0 Å². The predicted molar refractivity (Wildman–Crippen MR) is 167 cm³/mol. The Morgan fingerprint density at radius 3 is 2.67 bits per heavy atom. The Labute approximate surface area is 258 Å². The molecular formula is C31H36F3N9O2. The third kappa shape index (κ3) is 7.84. The first kappa shape index (κ1) is 32.0. The fraction of sp³-hybridized carbons (Fsp3) is 0.355. The molecule has 4 atom stereocenters. The van der Waals surface area contributed by atoms with Gasteiger partial charge in [-0.25, -0.2) is 9.97 Å². The Bertz CT molecular complexity index is 1560. The minimum atomic E-state index is -4.57. The number of nitrogen functional groups attached to an aromatic ring is 1. The quantitative estimate of drug-likeness (QED) is 0.216. The summed E-state index contributed by atoms with van der Waals surface area (Å²) >= 11 is 0. The second kappa shape index (κ2) is 13.7. The van der Waals surface area contributed by atoms with Crippen molar-refractivity contribution in [2.45, 2.75) is 37.8 Å². The number of piperazine rings is 1. The average molecular weight is 624 g/mol. The standard InChI is InChI=1S/C31H36F3N9O2/c1-18-8-10-39-27-21(3-2-13-43-14-12-37-23(17-43)30(45)41-18)16-40-28(36)25(27)26(35)19-4-6-20(7-5-19)29(44)42-24-15-22(9-11-38-24)31(32,33)34/h2-7,9,11,15-16,18,23,30,35,37,39,41,45H,8,10,12-14,17H2,1H3,(H2,36,40)(H,38,42,44)/b3-2+,35-26?/t18?,23-,30?/m1/s1. The Balaban J connectivity index is 1.38. The zero-order valence-corrected chi connectivity index (χ0v) is 24.7. The van der Waals surface area contributed by atoms with E-state index in [9.17, 15) is 23.1 Å². The van der Waals surface area contributed by atoms with E-state index < -0.39 is 23.9 Å². The maximum absolute atomic E-state index is 13.0. The minimum absolute atomic E-state index is 0.00137. The summed E-state index contributed by atoms with van der Waals surface area (Å²) < 4.78 is 39.1. The van der Waals surface area contributed by atoms with Crippen molar-refractivity contribution >= 4 is 35.0 Å². The second-order valence-corrected chi connectivity index (χ2v) is 11.1. The van der Waals surface area contributed by atoms with E-state index in [-0.39, 0.29) is 35.0 Å². The largest absolute Gasteiger partial charge is 0.416 e. The number of aliphatic hydroxyl groups is 1. The number of aromatic nitrogens is 2. The molecule has 1 amide bonds. The first-order chi connectivity index (χ1) is 21.5. The molecule has 2 aromatic heterocycles. The van der Waals surface area contributed by atoms with Crippen LogP contribution in [0.25, 0.3) is 6.08 Å². The van der Waals surface area contributed by atoms with Crippen molar-refractivity contribution in [3.8, 4) is 0 Å². The van der Waals surface area contributed by atoms with Crippen LogP contribution in [0.5, 0.6) is 0 Å². The van der Waals surface area contributed by atoms with Crippen molar-refractivity contribution in [2.75, 3.05) is 49.1 Å². The number of hydrogen-bond donors (Lipinski definition) is 7. The molecule has 0 aliphatic carbocycles. The van der Waals surface area contributed by atoms with Crippen LogP contribution in [0.2, 0.25) is 0 Å². The van der Waals surface area contributed by atoms with Crippen molar-refractivity contribution in [3.05, 3.63) is 82.7 Å². The molecule has 5 rings (SSSR count). The van der Waals surface area contributed by atoms with Crippen LogP contribution in [-0.4, -0.2) is 82.6 Å². The van der Waals surface area contributed by atoms with E-state index in [0.29, 0.717) is 42.9 Å². The summed E-state index contributed by atoms with van der Waals surface area (Å²) in [6, 6.07) is 7.60. The van der Waals surface area contributed by atoms with Crippen LogP contribution in [0.1, 0.15) is 46.0 Å². The van der Waals surface area contributed by atoms with Crippen LogP contribution in [0, 0.1) is 5.41 Å². The van der Waals surface area contributed by atoms with E-state index in [1.54, 1.807) is 18.3 Å². The highest BCUT2D eigenvalue weighted by atomic mass is 19.4. The normalized spacial score (nSPS) is 23.1. The molecule has 14 heteroatoms. The number of benzene rings is 1. The summed E-state index contributed by atoms with van der Waals surface area (Å²) in [4.78, 5) is 23.2. The number of nitrogens with zero attached hydrogens (tertiary/aromatic N) is 3. The van der Waals surface area contributed by atoms with Gasteiger partial charge in [0.25, 0.3) is 5.91 Å². The molecule has 2 aliphatic heterocycles. The fourth-order valence-electron chi connectivity index (χ4n) is 5.36. The molecule has 0 saturated carbocycles. The zero-order valence-electron chi connectivity index (χ0n) is 24.7. The summed E-state index contributed by atoms with van der Waals surface area (Å²) in [7, 11) is 0. The number of nitrogens with two attached hydrogens (primary N) is 1. The van der Waals surface area contributed by atoms with E-state index in [1.165, 1.54) is 12.1 Å². The van der Waals surface area contributed by atoms with Crippen LogP contribution in [0.4, 0.5) is 30.5 Å². The highest BCUT2D eigenvalue weighted by Gasteiger charge is 2.31. The summed E-state index contributed by atoms with van der Waals surface area (Å²) in [6.45, 7) is 5.49. The van der Waals surface area contributed by atoms with Gasteiger partial charge in [0.2, 0.25) is 0 Å². The van der Waals surface area contributed by atoms with Gasteiger partial charge in [0.1, 0.15) is 17.9 Å². The molecule has 1 saturated heterocycles. The van der Waals surface area contributed by atoms with Crippen LogP contribution < -0.4 is 27.0 Å². The van der Waals surface area contributed by atoms with Gasteiger partial charge in [0, 0.05) is 67.8 Å². The molecule has 3 aromatic rings. The Morgan fingerprint density at radius 2 is 1.91 bits per heavy atom. The number of halogens is 3. The zero-order chi connectivity index (χ0) is 32.1. The Hall–Kier alpha value is -4.37. The van der Waals surface area contributed by atoms with E-state index in [2.05, 4.69) is 36.1 Å². The monoisotopic (exact) mass is 623 g/mol. The first-order valence-electron chi connectivity index (χ1n) is 14.6. The molecule has 2 aliphatic rings. The molecule has 45 heavy (non-hydrogen) atoms. The van der Waals surface area contributed by atoms with Gasteiger partial charge in [-0.05, 0) is 37.6 Å². The molecule has 8 N–H and O–H groups in total. The van der Waals surface area contributed by atoms with Gasteiger partial charge < -0.3 is 26.8 Å². The lowest BCUT2D eigenvalue weighted by Crippen LogP contribution is -2.60. The van der Waals surface area contributed by atoms with Crippen LogP contribution in [-0.2, 0) is 6.18 Å². The fourth-order valence-corrected chi connectivity index (χ4v) is 5.36. The van der Waals surface area contributed by atoms with Crippen molar-refractivity contribution < 1.29 is 23.1 Å². The summed E-state index contributed by atoms with van der Waals surface area (Å²) in [6.07, 6.45) is 2.02. The number of pyridine rings is 2. The van der Waals surface area contributed by atoms with Gasteiger partial charge in [-0.2, -0.15) is 13.2 Å². The third-order valence-corrected chi connectivity index (χ3v) is 7.82. The lowest BCUT2D eigenvalue weighted by molar-refractivity contribution is -0.137. The molecule has 1 aromatic carbocycles. The van der Waals surface area contributed by atoms with Crippen LogP contribution >= 0.6 is 0 Å². The molecule has 1 fully saturated rings. The molecule has 3 unspecified atom stereocenters. The number of rotatable bonds is 4. The summed E-state index contributed by atoms with van der Waals surface area (Å²) in [5.41, 5.74) is 7.93. The number of fused-ring (bicyclic) bond motifs is 3. The van der Waals surface area contributed by atoms with Crippen molar-refractivity contribution in [1.82, 2.24) is 25.5 Å². The van der Waals surface area contributed by atoms with Gasteiger partial charge in [0.15, 0.2) is 0 Å². The number of carbonyl (C=O) groups is 1. The number of alkyl halides is 3. The van der Waals surface area contributed by atoms with Gasteiger partial charge in [-0.1, -0.05) is 24.3 Å². The molecular weight excluding hydrogens is 587 g/mol. The summed E-state index contributed by atoms with van der Waals surface area (Å²) in [5.74, 6) is -0.718. The Kier molecular flexibility index (Phi) is 9.77.